The Morgan fingerprint density at radius 1 is 1.35 bits per heavy atom. The second kappa shape index (κ2) is 6.18. The predicted molar refractivity (Wildman–Crippen MR) is 92.3 cm³/mol. The van der Waals surface area contributed by atoms with Crippen molar-refractivity contribution in [3.63, 3.8) is 0 Å². The van der Waals surface area contributed by atoms with Gasteiger partial charge in [-0.2, -0.15) is 0 Å². The lowest BCUT2D eigenvalue weighted by Gasteiger charge is -2.27. The number of aliphatic hydroxyl groups is 1. The van der Waals surface area contributed by atoms with E-state index in [2.05, 4.69) is 4.72 Å². The molecule has 1 atom stereocenters. The normalized spacial score (nSPS) is 17.9. The highest BCUT2D eigenvalue weighted by atomic mass is 35.5. The van der Waals surface area contributed by atoms with Crippen molar-refractivity contribution in [3.8, 4) is 0 Å². The van der Waals surface area contributed by atoms with E-state index in [0.29, 0.717) is 10.6 Å². The average molecular weight is 372 g/mol. The monoisotopic (exact) mass is 371 g/mol. The van der Waals surface area contributed by atoms with Crippen molar-refractivity contribution in [2.45, 2.75) is 30.3 Å². The minimum absolute atomic E-state index is 0.0353. The standard InChI is InChI=1S/C16H18ClNO3S2/c1-11-13(17)4-2-5-14(11)23(20,21)18-10-16(19,12-7-8-12)15-6-3-9-22-15/h2-6,9,12,18-19H,7-8,10H2,1H3. The lowest BCUT2D eigenvalue weighted by atomic mass is 9.96. The van der Waals surface area contributed by atoms with Crippen molar-refractivity contribution in [1.29, 1.82) is 0 Å². The number of nitrogens with one attached hydrogen (secondary N) is 1. The summed E-state index contributed by atoms with van der Waals surface area (Å²) < 4.78 is 27.7. The molecular weight excluding hydrogens is 354 g/mol. The molecule has 0 spiro atoms. The summed E-state index contributed by atoms with van der Waals surface area (Å²) in [6.07, 6.45) is 1.82. The molecule has 0 aliphatic heterocycles. The molecule has 1 aliphatic rings. The number of sulfonamides is 1. The van der Waals surface area contributed by atoms with Crippen molar-refractivity contribution >= 4 is 33.0 Å². The molecule has 2 aromatic rings. The van der Waals surface area contributed by atoms with Gasteiger partial charge in [0.05, 0.1) is 4.90 Å². The Balaban J connectivity index is 1.85. The second-order valence-electron chi connectivity index (χ2n) is 5.86. The Hall–Kier alpha value is -0.920. The number of halogens is 1. The van der Waals surface area contributed by atoms with Crippen LogP contribution in [0.25, 0.3) is 0 Å². The van der Waals surface area contributed by atoms with E-state index < -0.39 is 15.6 Å². The van der Waals surface area contributed by atoms with Crippen LogP contribution in [0.3, 0.4) is 0 Å². The summed E-state index contributed by atoms with van der Waals surface area (Å²) >= 11 is 7.46. The molecule has 4 nitrogen and oxygen atoms in total. The Morgan fingerprint density at radius 2 is 2.09 bits per heavy atom. The smallest absolute Gasteiger partial charge is 0.240 e. The third-order valence-corrected chi connectivity index (χ3v) is 7.23. The molecule has 124 valence electrons. The first-order valence-electron chi connectivity index (χ1n) is 7.36. The van der Waals surface area contributed by atoms with E-state index in [9.17, 15) is 13.5 Å². The van der Waals surface area contributed by atoms with E-state index in [-0.39, 0.29) is 17.4 Å². The Labute approximate surface area is 145 Å². The first kappa shape index (κ1) is 16.9. The van der Waals surface area contributed by atoms with Crippen LogP contribution >= 0.6 is 22.9 Å². The molecule has 0 bridgehead atoms. The van der Waals surface area contributed by atoms with E-state index >= 15 is 0 Å². The predicted octanol–water partition coefficient (Wildman–Crippen LogP) is 3.29. The van der Waals surface area contributed by atoms with Crippen molar-refractivity contribution in [1.82, 2.24) is 4.72 Å². The molecule has 1 fully saturated rings. The number of thiophene rings is 1. The summed E-state index contributed by atoms with van der Waals surface area (Å²) in [6.45, 7) is 1.63. The maximum absolute atomic E-state index is 12.6. The van der Waals surface area contributed by atoms with Crippen LogP contribution in [0.2, 0.25) is 5.02 Å². The van der Waals surface area contributed by atoms with Crippen LogP contribution in [0, 0.1) is 12.8 Å². The zero-order chi connectivity index (χ0) is 16.7. The second-order valence-corrected chi connectivity index (χ2v) is 8.95. The van der Waals surface area contributed by atoms with E-state index in [1.807, 2.05) is 17.5 Å². The maximum Gasteiger partial charge on any atom is 0.240 e. The lowest BCUT2D eigenvalue weighted by Crippen LogP contribution is -2.42. The highest BCUT2D eigenvalue weighted by molar-refractivity contribution is 7.89. The van der Waals surface area contributed by atoms with E-state index in [4.69, 9.17) is 11.6 Å². The molecule has 0 saturated heterocycles. The van der Waals surface area contributed by atoms with E-state index in [1.165, 1.54) is 17.4 Å². The third-order valence-electron chi connectivity index (χ3n) is 4.24. The van der Waals surface area contributed by atoms with Crippen molar-refractivity contribution in [2.24, 2.45) is 5.92 Å². The van der Waals surface area contributed by atoms with Gasteiger partial charge in [-0.1, -0.05) is 23.7 Å². The first-order chi connectivity index (χ1) is 10.8. The Kier molecular flexibility index (Phi) is 4.55. The van der Waals surface area contributed by atoms with E-state index in [1.54, 1.807) is 19.1 Å². The van der Waals surface area contributed by atoms with Crippen LogP contribution < -0.4 is 4.72 Å². The molecular formula is C16H18ClNO3S2. The minimum Gasteiger partial charge on any atom is -0.383 e. The van der Waals surface area contributed by atoms with Gasteiger partial charge in [0.1, 0.15) is 5.60 Å². The van der Waals surface area contributed by atoms with Gasteiger partial charge >= 0.3 is 0 Å². The van der Waals surface area contributed by atoms with Crippen LogP contribution in [0.4, 0.5) is 0 Å². The maximum atomic E-state index is 12.6. The van der Waals surface area contributed by atoms with Gasteiger partial charge in [0.25, 0.3) is 0 Å². The zero-order valence-electron chi connectivity index (χ0n) is 12.6. The number of rotatable bonds is 6. The highest BCUT2D eigenvalue weighted by Crippen LogP contribution is 2.46. The van der Waals surface area contributed by atoms with Crippen LogP contribution in [-0.2, 0) is 15.6 Å². The van der Waals surface area contributed by atoms with Crippen molar-refractivity contribution in [3.05, 3.63) is 51.2 Å². The Bertz CT molecular complexity index is 801. The summed E-state index contributed by atoms with van der Waals surface area (Å²) in [5, 5.41) is 13.3. The number of hydrogen-bond donors (Lipinski definition) is 2. The molecule has 1 aromatic carbocycles. The summed E-state index contributed by atoms with van der Waals surface area (Å²) in [5.74, 6) is 0.101. The van der Waals surface area contributed by atoms with Gasteiger partial charge in [-0.15, -0.1) is 11.3 Å². The fraction of sp³-hybridized carbons (Fsp3) is 0.375. The third kappa shape index (κ3) is 3.32. The topological polar surface area (TPSA) is 66.4 Å². The molecule has 0 amide bonds. The van der Waals surface area contributed by atoms with E-state index in [0.717, 1.165) is 17.7 Å². The van der Waals surface area contributed by atoms with Gasteiger partial charge < -0.3 is 5.11 Å². The lowest BCUT2D eigenvalue weighted by molar-refractivity contribution is 0.0222. The largest absolute Gasteiger partial charge is 0.383 e. The average Bonchev–Trinajstić information content (AvgIpc) is 3.23. The molecule has 1 unspecified atom stereocenters. The summed E-state index contributed by atoms with van der Waals surface area (Å²) in [6, 6.07) is 8.49. The minimum atomic E-state index is -3.73. The highest BCUT2D eigenvalue weighted by Gasteiger charge is 2.46. The first-order valence-corrected chi connectivity index (χ1v) is 10.1. The summed E-state index contributed by atoms with van der Waals surface area (Å²) in [7, 11) is -3.73. The van der Waals surface area contributed by atoms with Gasteiger partial charge in [-0.05, 0) is 54.8 Å². The molecule has 0 radical (unpaired) electrons. The molecule has 1 saturated carbocycles. The molecule has 3 rings (SSSR count). The van der Waals surface area contributed by atoms with Crippen LogP contribution in [-0.4, -0.2) is 20.1 Å². The van der Waals surface area contributed by atoms with Crippen LogP contribution in [0.1, 0.15) is 23.3 Å². The quantitative estimate of drug-likeness (QED) is 0.818. The van der Waals surface area contributed by atoms with Crippen molar-refractivity contribution < 1.29 is 13.5 Å². The molecule has 1 heterocycles. The summed E-state index contributed by atoms with van der Waals surface area (Å²) in [4.78, 5) is 0.944. The van der Waals surface area contributed by atoms with Gasteiger partial charge in [-0.25, -0.2) is 13.1 Å². The molecule has 2 N–H and O–H groups in total. The van der Waals surface area contributed by atoms with Crippen LogP contribution in [0.5, 0.6) is 0 Å². The zero-order valence-corrected chi connectivity index (χ0v) is 15.0. The molecule has 23 heavy (non-hydrogen) atoms. The fourth-order valence-corrected chi connectivity index (χ4v) is 5.15. The number of benzene rings is 1. The fourth-order valence-electron chi connectivity index (χ4n) is 2.68. The van der Waals surface area contributed by atoms with Crippen LogP contribution in [0.15, 0.2) is 40.6 Å². The van der Waals surface area contributed by atoms with Gasteiger partial charge in [-0.3, -0.25) is 0 Å². The van der Waals surface area contributed by atoms with Gasteiger partial charge in [0.15, 0.2) is 0 Å². The van der Waals surface area contributed by atoms with Gasteiger partial charge in [0, 0.05) is 16.4 Å². The SMILES string of the molecule is Cc1c(Cl)cccc1S(=O)(=O)NCC(O)(c1cccs1)C1CC1. The molecule has 7 heteroatoms. The summed E-state index contributed by atoms with van der Waals surface area (Å²) in [5.41, 5.74) is -0.638. The number of hydrogen-bond acceptors (Lipinski definition) is 4. The molecule has 1 aromatic heterocycles. The molecule has 1 aliphatic carbocycles. The van der Waals surface area contributed by atoms with Gasteiger partial charge in [0.2, 0.25) is 10.0 Å². The Morgan fingerprint density at radius 3 is 2.70 bits per heavy atom. The van der Waals surface area contributed by atoms with Crippen molar-refractivity contribution in [2.75, 3.05) is 6.54 Å².